The summed E-state index contributed by atoms with van der Waals surface area (Å²) >= 11 is 2.03. The summed E-state index contributed by atoms with van der Waals surface area (Å²) in [4.78, 5) is 15.5. The first-order valence-corrected chi connectivity index (χ1v) is 9.65. The Kier molecular flexibility index (Phi) is 10.1. The smallest absolute Gasteiger partial charge is 0.255 e. The number of ether oxygens (including phenoxy) is 1. The number of hydrogen-bond donors (Lipinski definition) is 3. The van der Waals surface area contributed by atoms with Crippen molar-refractivity contribution in [3.8, 4) is 5.75 Å². The van der Waals surface area contributed by atoms with Crippen molar-refractivity contribution in [3.05, 3.63) is 29.8 Å². The van der Waals surface area contributed by atoms with E-state index in [0.717, 1.165) is 24.6 Å². The molecule has 1 amide bonds. The molecule has 1 aliphatic heterocycles. The highest BCUT2D eigenvalue weighted by molar-refractivity contribution is 14.0. The van der Waals surface area contributed by atoms with Crippen LogP contribution in [0.2, 0.25) is 0 Å². The minimum atomic E-state index is -0.486. The summed E-state index contributed by atoms with van der Waals surface area (Å²) in [5.41, 5.74) is 6.12. The zero-order valence-electron chi connectivity index (χ0n) is 15.4. The molecule has 1 aromatic carbocycles. The highest BCUT2D eigenvalue weighted by Crippen LogP contribution is 2.36. The predicted octanol–water partition coefficient (Wildman–Crippen LogP) is 2.51. The SMILES string of the molecule is CCNC(=NCc1cccc(OCC(N)=O)c1)NCC1(C)CCCS1.I. The number of carbonyl (C=O) groups is 1. The lowest BCUT2D eigenvalue weighted by Gasteiger charge is -2.24. The fourth-order valence-corrected chi connectivity index (χ4v) is 3.89. The molecule has 0 aliphatic carbocycles. The number of guanidine groups is 1. The number of thioether (sulfide) groups is 1. The molecular formula is C18H29IN4O2S. The van der Waals surface area contributed by atoms with Crippen LogP contribution in [-0.4, -0.2) is 42.1 Å². The van der Waals surface area contributed by atoms with Crippen LogP contribution < -0.4 is 21.1 Å². The average Bonchev–Trinajstić information content (AvgIpc) is 3.03. The number of aliphatic imine (C=N–C) groups is 1. The zero-order chi connectivity index (χ0) is 18.1. The van der Waals surface area contributed by atoms with Gasteiger partial charge < -0.3 is 21.1 Å². The fraction of sp³-hybridized carbons (Fsp3) is 0.556. The first kappa shape index (κ1) is 22.9. The molecule has 146 valence electrons. The van der Waals surface area contributed by atoms with Crippen LogP contribution >= 0.6 is 35.7 Å². The van der Waals surface area contributed by atoms with Crippen LogP contribution in [0.5, 0.6) is 5.75 Å². The molecule has 0 bridgehead atoms. The molecule has 1 fully saturated rings. The van der Waals surface area contributed by atoms with Gasteiger partial charge in [-0.25, -0.2) is 4.99 Å². The molecule has 0 spiro atoms. The first-order chi connectivity index (χ1) is 12.0. The van der Waals surface area contributed by atoms with E-state index in [1.165, 1.54) is 18.6 Å². The molecular weight excluding hydrogens is 463 g/mol. The largest absolute Gasteiger partial charge is 0.484 e. The van der Waals surface area contributed by atoms with Gasteiger partial charge in [0, 0.05) is 17.8 Å². The third-order valence-electron chi connectivity index (χ3n) is 3.97. The van der Waals surface area contributed by atoms with E-state index in [1.807, 2.05) is 30.0 Å². The molecule has 1 aliphatic rings. The minimum Gasteiger partial charge on any atom is -0.484 e. The molecule has 1 heterocycles. The van der Waals surface area contributed by atoms with E-state index in [-0.39, 0.29) is 30.6 Å². The van der Waals surface area contributed by atoms with Crippen LogP contribution in [0.1, 0.15) is 32.3 Å². The second-order valence-electron chi connectivity index (χ2n) is 6.35. The lowest BCUT2D eigenvalue weighted by molar-refractivity contribution is -0.119. The number of nitrogens with one attached hydrogen (secondary N) is 2. The highest BCUT2D eigenvalue weighted by atomic mass is 127. The van der Waals surface area contributed by atoms with Crippen LogP contribution in [0, 0.1) is 0 Å². The van der Waals surface area contributed by atoms with Crippen molar-refractivity contribution in [2.45, 2.75) is 38.0 Å². The van der Waals surface area contributed by atoms with E-state index >= 15 is 0 Å². The van der Waals surface area contributed by atoms with Gasteiger partial charge in [-0.05, 0) is 50.1 Å². The summed E-state index contributed by atoms with van der Waals surface area (Å²) in [6, 6.07) is 7.55. The van der Waals surface area contributed by atoms with Gasteiger partial charge in [-0.3, -0.25) is 4.79 Å². The number of halogens is 1. The van der Waals surface area contributed by atoms with Gasteiger partial charge in [0.25, 0.3) is 5.91 Å². The maximum absolute atomic E-state index is 10.8. The summed E-state index contributed by atoms with van der Waals surface area (Å²) in [5, 5.41) is 6.74. The van der Waals surface area contributed by atoms with E-state index in [9.17, 15) is 4.79 Å². The molecule has 4 N–H and O–H groups in total. The minimum absolute atomic E-state index is 0. The molecule has 26 heavy (non-hydrogen) atoms. The molecule has 0 radical (unpaired) electrons. The topological polar surface area (TPSA) is 88.7 Å². The Balaban J connectivity index is 0.00000338. The van der Waals surface area contributed by atoms with Gasteiger partial charge in [-0.1, -0.05) is 12.1 Å². The van der Waals surface area contributed by atoms with Gasteiger partial charge in [0.15, 0.2) is 12.6 Å². The van der Waals surface area contributed by atoms with Crippen molar-refractivity contribution < 1.29 is 9.53 Å². The fourth-order valence-electron chi connectivity index (χ4n) is 2.65. The lowest BCUT2D eigenvalue weighted by Crippen LogP contribution is -2.43. The van der Waals surface area contributed by atoms with Crippen molar-refractivity contribution in [1.29, 1.82) is 0 Å². The first-order valence-electron chi connectivity index (χ1n) is 8.67. The van der Waals surface area contributed by atoms with Crippen molar-refractivity contribution >= 4 is 47.6 Å². The van der Waals surface area contributed by atoms with Gasteiger partial charge in [-0.2, -0.15) is 11.8 Å². The van der Waals surface area contributed by atoms with Crippen LogP contribution in [-0.2, 0) is 11.3 Å². The number of amides is 1. The Morgan fingerprint density at radius 2 is 2.23 bits per heavy atom. The number of benzene rings is 1. The van der Waals surface area contributed by atoms with Crippen LogP contribution in [0.3, 0.4) is 0 Å². The number of nitrogens with zero attached hydrogens (tertiary/aromatic N) is 1. The van der Waals surface area contributed by atoms with E-state index < -0.39 is 5.91 Å². The lowest BCUT2D eigenvalue weighted by atomic mass is 10.1. The number of hydrogen-bond acceptors (Lipinski definition) is 4. The second-order valence-corrected chi connectivity index (χ2v) is 8.04. The number of rotatable bonds is 8. The summed E-state index contributed by atoms with van der Waals surface area (Å²) < 4.78 is 5.62. The van der Waals surface area contributed by atoms with Gasteiger partial charge >= 0.3 is 0 Å². The maximum atomic E-state index is 10.8. The number of carbonyl (C=O) groups excluding carboxylic acids is 1. The number of nitrogens with two attached hydrogens (primary N) is 1. The Morgan fingerprint density at radius 1 is 1.42 bits per heavy atom. The van der Waals surface area contributed by atoms with Crippen LogP contribution in [0.25, 0.3) is 0 Å². The quantitative estimate of drug-likeness (QED) is 0.295. The van der Waals surface area contributed by atoms with Gasteiger partial charge in [0.1, 0.15) is 5.75 Å². The van der Waals surface area contributed by atoms with E-state index in [0.29, 0.717) is 17.0 Å². The highest BCUT2D eigenvalue weighted by Gasteiger charge is 2.29. The molecule has 0 aromatic heterocycles. The van der Waals surface area contributed by atoms with Gasteiger partial charge in [-0.15, -0.1) is 24.0 Å². The van der Waals surface area contributed by atoms with Gasteiger partial charge in [0.2, 0.25) is 0 Å². The van der Waals surface area contributed by atoms with Crippen molar-refractivity contribution in [3.63, 3.8) is 0 Å². The second kappa shape index (κ2) is 11.5. The van der Waals surface area contributed by atoms with Crippen molar-refractivity contribution in [2.24, 2.45) is 10.7 Å². The standard InChI is InChI=1S/C18H28N4O2S.HI/c1-3-20-17(22-13-18(2)8-5-9-25-18)21-11-14-6-4-7-15(10-14)24-12-16(19)23;/h4,6-7,10H,3,5,8-9,11-13H2,1-2H3,(H2,19,23)(H2,20,21,22);1H. The molecule has 1 aromatic rings. The molecule has 8 heteroatoms. The maximum Gasteiger partial charge on any atom is 0.255 e. The molecule has 6 nitrogen and oxygen atoms in total. The van der Waals surface area contributed by atoms with Crippen molar-refractivity contribution in [2.75, 3.05) is 25.4 Å². The Bertz CT molecular complexity index is 607. The summed E-state index contributed by atoms with van der Waals surface area (Å²) in [6.45, 7) is 6.51. The zero-order valence-corrected chi connectivity index (χ0v) is 18.6. The molecule has 1 atom stereocenters. The predicted molar refractivity (Wildman–Crippen MR) is 119 cm³/mol. The third-order valence-corrected chi connectivity index (χ3v) is 5.51. The normalized spacial score (nSPS) is 19.5. The average molecular weight is 492 g/mol. The Hall–Kier alpha value is -1.16. The monoisotopic (exact) mass is 492 g/mol. The Labute approximate surface area is 177 Å². The van der Waals surface area contributed by atoms with E-state index in [2.05, 4.69) is 29.5 Å². The summed E-state index contributed by atoms with van der Waals surface area (Å²) in [5.74, 6) is 2.20. The third kappa shape index (κ3) is 8.03. The van der Waals surface area contributed by atoms with E-state index in [1.54, 1.807) is 6.07 Å². The molecule has 2 rings (SSSR count). The van der Waals surface area contributed by atoms with Crippen molar-refractivity contribution in [1.82, 2.24) is 10.6 Å². The molecule has 1 saturated heterocycles. The molecule has 1 unspecified atom stereocenters. The van der Waals surface area contributed by atoms with Gasteiger partial charge in [0.05, 0.1) is 6.54 Å². The summed E-state index contributed by atoms with van der Waals surface area (Å²) in [7, 11) is 0. The number of primary amides is 1. The Morgan fingerprint density at radius 3 is 2.88 bits per heavy atom. The van der Waals surface area contributed by atoms with E-state index in [4.69, 9.17) is 10.5 Å². The summed E-state index contributed by atoms with van der Waals surface area (Å²) in [6.07, 6.45) is 2.53. The van der Waals surface area contributed by atoms with Crippen LogP contribution in [0.4, 0.5) is 0 Å². The molecule has 0 saturated carbocycles. The van der Waals surface area contributed by atoms with Crippen LogP contribution in [0.15, 0.2) is 29.3 Å².